The molecule has 0 saturated carbocycles. The van der Waals surface area contributed by atoms with Crippen LogP contribution in [0.3, 0.4) is 0 Å². The van der Waals surface area contributed by atoms with Gasteiger partial charge in [0, 0.05) is 13.5 Å². The van der Waals surface area contributed by atoms with E-state index in [1.807, 2.05) is 0 Å². The maximum atomic E-state index is 9.36. The van der Waals surface area contributed by atoms with Crippen LogP contribution in [0.2, 0.25) is 0 Å². The topological polar surface area (TPSA) is 26.3 Å². The lowest BCUT2D eigenvalue weighted by atomic mass is 10.5. The minimum atomic E-state index is 0.385. The second-order valence-electron chi connectivity index (χ2n) is 0.887. The molecule has 0 fully saturated rings. The van der Waals surface area contributed by atoms with E-state index in [2.05, 4.69) is 4.74 Å². The monoisotopic (exact) mass is 87.0 g/mol. The molecule has 0 saturated heterocycles. The lowest BCUT2D eigenvalue weighted by molar-refractivity contribution is 0.206. The zero-order valence-corrected chi connectivity index (χ0v) is 3.73. The lowest BCUT2D eigenvalue weighted by Crippen LogP contribution is -1.86. The molecule has 0 heterocycles. The Balaban J connectivity index is 2.49. The van der Waals surface area contributed by atoms with Gasteiger partial charge >= 0.3 is 0 Å². The highest BCUT2D eigenvalue weighted by molar-refractivity contribution is 5.50. The fourth-order valence-electron chi connectivity index (χ4n) is 0.144. The molecular weight excluding hydrogens is 80.0 g/mol. The first-order chi connectivity index (χ1) is 2.91. The number of ether oxygens (including phenoxy) is 1. The molecule has 0 aromatic heterocycles. The van der Waals surface area contributed by atoms with Crippen LogP contribution in [0.1, 0.15) is 6.42 Å². The first kappa shape index (κ1) is 5.63. The van der Waals surface area contributed by atoms with E-state index in [0.29, 0.717) is 13.0 Å². The quantitative estimate of drug-likeness (QED) is 0.457. The van der Waals surface area contributed by atoms with Gasteiger partial charge in [0.2, 0.25) is 6.29 Å². The number of carbonyl (C=O) groups excluding carboxylic acids is 1. The summed E-state index contributed by atoms with van der Waals surface area (Å²) in [4.78, 5) is 9.36. The molecule has 0 unspecified atom stereocenters. The normalized spacial score (nSPS) is 8.17. The van der Waals surface area contributed by atoms with Gasteiger partial charge in [-0.1, -0.05) is 0 Å². The van der Waals surface area contributed by atoms with Crippen LogP contribution >= 0.6 is 0 Å². The maximum absolute atomic E-state index is 9.36. The highest BCUT2D eigenvalue weighted by atomic mass is 16.5. The minimum Gasteiger partial charge on any atom is -0.384 e. The molecular formula is C4H7O2. The summed E-state index contributed by atoms with van der Waals surface area (Å²) in [5.41, 5.74) is 0. The largest absolute Gasteiger partial charge is 0.384 e. The van der Waals surface area contributed by atoms with E-state index in [-0.39, 0.29) is 0 Å². The zero-order valence-electron chi connectivity index (χ0n) is 3.73. The van der Waals surface area contributed by atoms with E-state index in [0.717, 1.165) is 0 Å². The molecule has 2 heteroatoms. The van der Waals surface area contributed by atoms with Gasteiger partial charge in [0.25, 0.3) is 0 Å². The number of methoxy groups -OCH3 is 1. The number of hydrogen-bond donors (Lipinski definition) is 0. The fraction of sp³-hybridized carbons (Fsp3) is 0.750. The molecule has 0 aromatic carbocycles. The summed E-state index contributed by atoms with van der Waals surface area (Å²) in [6, 6.07) is 0. The number of rotatable bonds is 3. The van der Waals surface area contributed by atoms with E-state index in [4.69, 9.17) is 0 Å². The second-order valence-corrected chi connectivity index (χ2v) is 0.887. The van der Waals surface area contributed by atoms with E-state index >= 15 is 0 Å². The third-order valence-corrected chi connectivity index (χ3v) is 0.408. The molecule has 0 bridgehead atoms. The Bertz CT molecular complexity index is 34.5. The molecule has 1 radical (unpaired) electrons. The van der Waals surface area contributed by atoms with Crippen LogP contribution < -0.4 is 0 Å². The van der Waals surface area contributed by atoms with Crippen LogP contribution in [-0.2, 0) is 9.53 Å². The molecule has 0 aliphatic carbocycles. The predicted molar refractivity (Wildman–Crippen MR) is 22.2 cm³/mol. The van der Waals surface area contributed by atoms with Crippen LogP contribution in [0.25, 0.3) is 0 Å². The lowest BCUT2D eigenvalue weighted by Gasteiger charge is -1.83. The van der Waals surface area contributed by atoms with Crippen molar-refractivity contribution in [3.05, 3.63) is 0 Å². The summed E-state index contributed by atoms with van der Waals surface area (Å²) in [5, 5.41) is 0. The SMILES string of the molecule is COCC[C]=O. The third-order valence-electron chi connectivity index (χ3n) is 0.408. The highest BCUT2D eigenvalue weighted by Gasteiger charge is 1.75. The van der Waals surface area contributed by atoms with Crippen LogP contribution in [0.5, 0.6) is 0 Å². The molecule has 0 atom stereocenters. The molecule has 0 rings (SSSR count). The van der Waals surface area contributed by atoms with Gasteiger partial charge in [-0.2, -0.15) is 0 Å². The van der Waals surface area contributed by atoms with Crippen molar-refractivity contribution in [2.24, 2.45) is 0 Å². The van der Waals surface area contributed by atoms with Gasteiger partial charge in [-0.15, -0.1) is 0 Å². The summed E-state index contributed by atoms with van der Waals surface area (Å²) < 4.78 is 4.52. The minimum absolute atomic E-state index is 0.385. The Hall–Kier alpha value is -0.370. The van der Waals surface area contributed by atoms with Crippen molar-refractivity contribution < 1.29 is 9.53 Å². The second kappa shape index (κ2) is 4.63. The molecule has 0 N–H and O–H groups in total. The van der Waals surface area contributed by atoms with Crippen molar-refractivity contribution in [2.75, 3.05) is 13.7 Å². The van der Waals surface area contributed by atoms with Crippen molar-refractivity contribution in [3.63, 3.8) is 0 Å². The Morgan fingerprint density at radius 2 is 2.50 bits per heavy atom. The van der Waals surface area contributed by atoms with Gasteiger partial charge < -0.3 is 4.74 Å². The van der Waals surface area contributed by atoms with Crippen LogP contribution in [0, 0.1) is 0 Å². The molecule has 6 heavy (non-hydrogen) atoms. The Morgan fingerprint density at radius 3 is 2.67 bits per heavy atom. The van der Waals surface area contributed by atoms with Crippen molar-refractivity contribution in [1.82, 2.24) is 0 Å². The van der Waals surface area contributed by atoms with Gasteiger partial charge in [-0.3, -0.25) is 4.79 Å². The predicted octanol–water partition coefficient (Wildman–Crippen LogP) is 0.133. The summed E-state index contributed by atoms with van der Waals surface area (Å²) in [6.07, 6.45) is 2.08. The van der Waals surface area contributed by atoms with Crippen LogP contribution in [-0.4, -0.2) is 20.0 Å². The number of hydrogen-bond acceptors (Lipinski definition) is 2. The third kappa shape index (κ3) is 3.63. The van der Waals surface area contributed by atoms with Crippen molar-refractivity contribution in [2.45, 2.75) is 6.42 Å². The Labute approximate surface area is 37.1 Å². The summed E-state index contributed by atoms with van der Waals surface area (Å²) in [6.45, 7) is 0.490. The van der Waals surface area contributed by atoms with Crippen LogP contribution in [0.15, 0.2) is 0 Å². The van der Waals surface area contributed by atoms with Crippen molar-refractivity contribution in [3.8, 4) is 0 Å². The standard InChI is InChI=1S/C4H7O2/c1-6-4-2-3-5/h2,4H2,1H3. The average Bonchev–Trinajstić information content (AvgIpc) is 1.61. The molecule has 0 amide bonds. The first-order valence-corrected chi connectivity index (χ1v) is 1.75. The van der Waals surface area contributed by atoms with Crippen molar-refractivity contribution >= 4 is 6.29 Å². The maximum Gasteiger partial charge on any atom is 0.200 e. The fourth-order valence-corrected chi connectivity index (χ4v) is 0.144. The van der Waals surface area contributed by atoms with E-state index in [1.165, 1.54) is 0 Å². The molecule has 0 aliphatic heterocycles. The molecule has 0 spiro atoms. The van der Waals surface area contributed by atoms with Gasteiger partial charge in [0.15, 0.2) is 0 Å². The van der Waals surface area contributed by atoms with Gasteiger partial charge in [0.05, 0.1) is 6.61 Å². The molecule has 2 nitrogen and oxygen atoms in total. The van der Waals surface area contributed by atoms with Gasteiger partial charge in [-0.05, 0) is 0 Å². The first-order valence-electron chi connectivity index (χ1n) is 1.75. The summed E-state index contributed by atoms with van der Waals surface area (Å²) in [7, 11) is 1.55. The highest BCUT2D eigenvalue weighted by Crippen LogP contribution is 1.68. The summed E-state index contributed by atoms with van der Waals surface area (Å²) >= 11 is 0. The van der Waals surface area contributed by atoms with E-state index in [1.54, 1.807) is 13.4 Å². The molecule has 0 aromatic rings. The zero-order chi connectivity index (χ0) is 4.83. The Kier molecular flexibility index (Phi) is 4.34. The van der Waals surface area contributed by atoms with Crippen molar-refractivity contribution in [1.29, 1.82) is 0 Å². The molecule has 0 aliphatic rings. The summed E-state index contributed by atoms with van der Waals surface area (Å²) in [5.74, 6) is 0. The van der Waals surface area contributed by atoms with E-state index in [9.17, 15) is 4.79 Å². The molecule has 35 valence electrons. The van der Waals surface area contributed by atoms with Crippen LogP contribution in [0.4, 0.5) is 0 Å². The van der Waals surface area contributed by atoms with E-state index < -0.39 is 0 Å². The smallest absolute Gasteiger partial charge is 0.200 e. The Morgan fingerprint density at radius 1 is 1.83 bits per heavy atom. The van der Waals surface area contributed by atoms with Gasteiger partial charge in [0.1, 0.15) is 0 Å². The van der Waals surface area contributed by atoms with Gasteiger partial charge in [-0.25, -0.2) is 0 Å². The average molecular weight is 87.1 g/mol.